The molecule has 0 atom stereocenters. The van der Waals surface area contributed by atoms with Crippen molar-refractivity contribution in [1.29, 1.82) is 0 Å². The average molecular weight is 333 g/mol. The van der Waals surface area contributed by atoms with Crippen LogP contribution in [0.4, 0.5) is 33.7 Å². The van der Waals surface area contributed by atoms with Crippen molar-refractivity contribution in [2.45, 2.75) is 6.18 Å². The number of anilines is 2. The van der Waals surface area contributed by atoms with E-state index in [2.05, 4.69) is 10.6 Å². The molecule has 0 radical (unpaired) electrons. The van der Waals surface area contributed by atoms with Crippen LogP contribution < -0.4 is 10.6 Å². The minimum atomic E-state index is -4.56. The van der Waals surface area contributed by atoms with Crippen molar-refractivity contribution in [2.24, 2.45) is 0 Å². The zero-order valence-corrected chi connectivity index (χ0v) is 11.6. The molecule has 0 saturated carbocycles. The Kier molecular flexibility index (Phi) is 4.56. The van der Waals surface area contributed by atoms with Crippen LogP contribution in [0.3, 0.4) is 0 Å². The van der Waals surface area contributed by atoms with Crippen molar-refractivity contribution >= 4 is 29.0 Å². The molecular formula is C14H9ClF4N2O. The molecule has 2 aromatic carbocycles. The van der Waals surface area contributed by atoms with Gasteiger partial charge in [0.25, 0.3) is 0 Å². The second-order valence-electron chi connectivity index (χ2n) is 4.28. The maximum Gasteiger partial charge on any atom is 0.416 e. The van der Waals surface area contributed by atoms with E-state index in [1.165, 1.54) is 18.2 Å². The Morgan fingerprint density at radius 2 is 1.77 bits per heavy atom. The number of hydrogen-bond acceptors (Lipinski definition) is 1. The number of rotatable bonds is 2. The number of carbonyl (C=O) groups is 1. The standard InChI is InChI=1S/C14H9ClF4N2O/c15-11-5-4-8(14(17,18)19)6-12(11)21-13(22)20-10-3-1-2-9(16)7-10/h1-7H,(H2,20,21,22). The van der Waals surface area contributed by atoms with Gasteiger partial charge in [0, 0.05) is 5.69 Å². The third kappa shape index (κ3) is 4.11. The summed E-state index contributed by atoms with van der Waals surface area (Å²) in [7, 11) is 0. The van der Waals surface area contributed by atoms with Crippen LogP contribution >= 0.6 is 11.6 Å². The van der Waals surface area contributed by atoms with Crippen LogP contribution in [0, 0.1) is 5.82 Å². The predicted molar refractivity (Wildman–Crippen MR) is 75.5 cm³/mol. The quantitative estimate of drug-likeness (QED) is 0.734. The molecule has 116 valence electrons. The fourth-order valence-corrected chi connectivity index (χ4v) is 1.81. The van der Waals surface area contributed by atoms with E-state index < -0.39 is 23.6 Å². The Bertz CT molecular complexity index is 703. The molecule has 3 nitrogen and oxygen atoms in total. The lowest BCUT2D eigenvalue weighted by atomic mass is 10.2. The first-order chi connectivity index (χ1) is 10.3. The largest absolute Gasteiger partial charge is 0.416 e. The molecule has 0 heterocycles. The van der Waals surface area contributed by atoms with Gasteiger partial charge in [0.1, 0.15) is 5.82 Å². The van der Waals surface area contributed by atoms with Crippen LogP contribution in [0.5, 0.6) is 0 Å². The maximum atomic E-state index is 13.0. The lowest BCUT2D eigenvalue weighted by molar-refractivity contribution is -0.137. The van der Waals surface area contributed by atoms with E-state index in [0.717, 1.165) is 18.2 Å². The van der Waals surface area contributed by atoms with Gasteiger partial charge in [-0.3, -0.25) is 0 Å². The van der Waals surface area contributed by atoms with Gasteiger partial charge in [0.05, 0.1) is 16.3 Å². The normalized spacial score (nSPS) is 11.1. The highest BCUT2D eigenvalue weighted by Gasteiger charge is 2.31. The van der Waals surface area contributed by atoms with E-state index in [0.29, 0.717) is 6.07 Å². The first kappa shape index (κ1) is 16.1. The van der Waals surface area contributed by atoms with Crippen molar-refractivity contribution in [1.82, 2.24) is 0 Å². The van der Waals surface area contributed by atoms with Crippen molar-refractivity contribution in [3.63, 3.8) is 0 Å². The van der Waals surface area contributed by atoms with Gasteiger partial charge in [-0.1, -0.05) is 17.7 Å². The fourth-order valence-electron chi connectivity index (χ4n) is 1.65. The molecule has 22 heavy (non-hydrogen) atoms. The lowest BCUT2D eigenvalue weighted by Crippen LogP contribution is -2.20. The van der Waals surface area contributed by atoms with Crippen molar-refractivity contribution in [2.75, 3.05) is 10.6 Å². The zero-order valence-electron chi connectivity index (χ0n) is 10.8. The summed E-state index contributed by atoms with van der Waals surface area (Å²) in [6.45, 7) is 0. The summed E-state index contributed by atoms with van der Waals surface area (Å²) in [6.07, 6.45) is -4.56. The number of nitrogens with one attached hydrogen (secondary N) is 2. The number of halogens is 5. The summed E-state index contributed by atoms with van der Waals surface area (Å²) in [5.41, 5.74) is -0.996. The predicted octanol–water partition coefficient (Wildman–Crippen LogP) is 5.14. The van der Waals surface area contributed by atoms with E-state index in [-0.39, 0.29) is 16.4 Å². The smallest absolute Gasteiger partial charge is 0.308 e. The van der Waals surface area contributed by atoms with Gasteiger partial charge >= 0.3 is 12.2 Å². The summed E-state index contributed by atoms with van der Waals surface area (Å²) < 4.78 is 50.8. The second kappa shape index (κ2) is 6.23. The third-order valence-corrected chi connectivity index (χ3v) is 2.95. The molecule has 2 amide bonds. The Labute approximate surface area is 127 Å². The molecule has 0 bridgehead atoms. The zero-order chi connectivity index (χ0) is 16.3. The van der Waals surface area contributed by atoms with Crippen LogP contribution in [-0.4, -0.2) is 6.03 Å². The molecule has 0 spiro atoms. The van der Waals surface area contributed by atoms with Gasteiger partial charge < -0.3 is 10.6 Å². The lowest BCUT2D eigenvalue weighted by Gasteiger charge is -2.12. The molecule has 0 aliphatic rings. The van der Waals surface area contributed by atoms with E-state index in [1.807, 2.05) is 0 Å². The van der Waals surface area contributed by atoms with Gasteiger partial charge in [0.2, 0.25) is 0 Å². The minimum Gasteiger partial charge on any atom is -0.308 e. The number of hydrogen-bond donors (Lipinski definition) is 2. The summed E-state index contributed by atoms with van der Waals surface area (Å²) in [5.74, 6) is -0.560. The van der Waals surface area contributed by atoms with Gasteiger partial charge in [-0.25, -0.2) is 9.18 Å². The molecule has 0 aromatic heterocycles. The molecule has 2 aromatic rings. The Morgan fingerprint density at radius 1 is 1.05 bits per heavy atom. The summed E-state index contributed by atoms with van der Waals surface area (Å²) >= 11 is 5.75. The van der Waals surface area contributed by atoms with Gasteiger partial charge in [0.15, 0.2) is 0 Å². The molecular weight excluding hydrogens is 324 g/mol. The van der Waals surface area contributed by atoms with Gasteiger partial charge in [-0.2, -0.15) is 13.2 Å². The van der Waals surface area contributed by atoms with Crippen LogP contribution in [0.2, 0.25) is 5.02 Å². The molecule has 2 N–H and O–H groups in total. The highest BCUT2D eigenvalue weighted by molar-refractivity contribution is 6.33. The van der Waals surface area contributed by atoms with Crippen LogP contribution in [-0.2, 0) is 6.18 Å². The van der Waals surface area contributed by atoms with E-state index in [1.54, 1.807) is 0 Å². The van der Waals surface area contributed by atoms with Gasteiger partial charge in [-0.15, -0.1) is 0 Å². The molecule has 0 saturated heterocycles. The number of benzene rings is 2. The van der Waals surface area contributed by atoms with E-state index in [4.69, 9.17) is 11.6 Å². The molecule has 0 aliphatic heterocycles. The number of urea groups is 1. The van der Waals surface area contributed by atoms with Crippen molar-refractivity contribution in [3.05, 3.63) is 58.9 Å². The monoisotopic (exact) mass is 332 g/mol. The second-order valence-corrected chi connectivity index (χ2v) is 4.69. The topological polar surface area (TPSA) is 41.1 Å². The summed E-state index contributed by atoms with van der Waals surface area (Å²) in [4.78, 5) is 11.7. The number of alkyl halides is 3. The van der Waals surface area contributed by atoms with Gasteiger partial charge in [-0.05, 0) is 36.4 Å². The Morgan fingerprint density at radius 3 is 2.41 bits per heavy atom. The molecule has 0 unspecified atom stereocenters. The minimum absolute atomic E-state index is 0.0533. The number of carbonyl (C=O) groups excluding carboxylic acids is 1. The Balaban J connectivity index is 2.14. The average Bonchev–Trinajstić information content (AvgIpc) is 2.40. The molecule has 8 heteroatoms. The van der Waals surface area contributed by atoms with E-state index in [9.17, 15) is 22.4 Å². The highest BCUT2D eigenvalue weighted by atomic mass is 35.5. The Hall–Kier alpha value is -2.28. The van der Waals surface area contributed by atoms with Crippen molar-refractivity contribution in [3.8, 4) is 0 Å². The molecule has 0 fully saturated rings. The fraction of sp³-hybridized carbons (Fsp3) is 0.0714. The summed E-state index contributed by atoms with van der Waals surface area (Å²) in [5, 5.41) is 4.42. The first-order valence-electron chi connectivity index (χ1n) is 5.96. The molecule has 2 rings (SSSR count). The van der Waals surface area contributed by atoms with Crippen molar-refractivity contribution < 1.29 is 22.4 Å². The van der Waals surface area contributed by atoms with Crippen LogP contribution in [0.25, 0.3) is 0 Å². The van der Waals surface area contributed by atoms with E-state index >= 15 is 0 Å². The molecule has 0 aliphatic carbocycles. The highest BCUT2D eigenvalue weighted by Crippen LogP contribution is 2.33. The number of amides is 2. The first-order valence-corrected chi connectivity index (χ1v) is 6.34. The van der Waals surface area contributed by atoms with Crippen LogP contribution in [0.15, 0.2) is 42.5 Å². The summed E-state index contributed by atoms with van der Waals surface area (Å²) in [6, 6.07) is 6.76. The third-order valence-electron chi connectivity index (χ3n) is 2.62. The maximum absolute atomic E-state index is 13.0. The SMILES string of the molecule is O=C(Nc1cccc(F)c1)Nc1cc(C(F)(F)F)ccc1Cl. The van der Waals surface area contributed by atoms with Crippen LogP contribution in [0.1, 0.15) is 5.56 Å².